The topological polar surface area (TPSA) is 483 Å². The van der Waals surface area contributed by atoms with E-state index in [-0.39, 0.29) is 18.5 Å². The number of aliphatic hydroxyl groups is 12. The first-order valence-corrected chi connectivity index (χ1v) is 21.6. The summed E-state index contributed by atoms with van der Waals surface area (Å²) in [5.74, 6) is -11.9. The molecule has 1 aromatic rings. The van der Waals surface area contributed by atoms with E-state index >= 15 is 0 Å². The zero-order valence-corrected chi connectivity index (χ0v) is 38.5. The third-order valence-electron chi connectivity index (χ3n) is 10.2. The summed E-state index contributed by atoms with van der Waals surface area (Å²) in [5, 5.41) is 126. The molecule has 2 heterocycles. The molecule has 0 aromatic heterocycles. The Labute approximate surface area is 407 Å². The first-order valence-electron chi connectivity index (χ1n) is 21.6. The van der Waals surface area contributed by atoms with Crippen molar-refractivity contribution in [3.8, 4) is 0 Å². The number of aliphatic carboxylic acids is 1. The van der Waals surface area contributed by atoms with Gasteiger partial charge in [0.25, 0.3) is 0 Å². The van der Waals surface area contributed by atoms with Crippen LogP contribution in [-0.2, 0) is 76.2 Å². The molecule has 0 radical (unpaired) electrons. The first kappa shape index (κ1) is 62.7. The molecule has 0 amide bonds. The minimum atomic E-state index is -3.23. The van der Waals surface area contributed by atoms with Crippen molar-refractivity contribution in [3.05, 3.63) is 35.9 Å². The van der Waals surface area contributed by atoms with Gasteiger partial charge in [-0.25, -0.2) is 9.59 Å². The fourth-order valence-electron chi connectivity index (χ4n) is 6.37. The van der Waals surface area contributed by atoms with E-state index in [1.54, 1.807) is 6.07 Å². The van der Waals surface area contributed by atoms with Gasteiger partial charge < -0.3 is 114 Å². The van der Waals surface area contributed by atoms with Crippen molar-refractivity contribution in [1.29, 1.82) is 0 Å². The molecule has 30 heteroatoms. The first-order chi connectivity index (χ1) is 33.8. The lowest BCUT2D eigenvalue weighted by Crippen LogP contribution is -2.63. The maximum atomic E-state index is 13.3. The molecule has 2 aliphatic rings. The third kappa shape index (κ3) is 18.6. The minimum absolute atomic E-state index is 0.0250. The summed E-state index contributed by atoms with van der Waals surface area (Å²) in [6, 6.07) is 7.40. The minimum Gasteiger partial charge on any atom is -0.481 e. The van der Waals surface area contributed by atoms with E-state index in [9.17, 15) is 79.2 Å². The molecule has 3 rings (SSSR count). The smallest absolute Gasteiger partial charge is 0.339 e. The predicted octanol–water partition coefficient (Wildman–Crippen LogP) is -7.40. The Kier molecular flexibility index (Phi) is 26.1. The normalized spacial score (nSPS) is 26.6. The highest BCUT2D eigenvalue weighted by Gasteiger charge is 2.62. The van der Waals surface area contributed by atoms with Crippen molar-refractivity contribution < 1.29 is 147 Å². The van der Waals surface area contributed by atoms with Crippen LogP contribution in [0.5, 0.6) is 0 Å². The van der Waals surface area contributed by atoms with Gasteiger partial charge in [-0.3, -0.25) is 24.0 Å². The van der Waals surface area contributed by atoms with E-state index in [4.69, 9.17) is 68.2 Å². The van der Waals surface area contributed by atoms with Gasteiger partial charge in [-0.15, -0.1) is 0 Å². The number of aldehydes is 1. The highest BCUT2D eigenvalue weighted by Crippen LogP contribution is 2.39. The molecule has 408 valence electrons. The second kappa shape index (κ2) is 29.9. The average Bonchev–Trinajstić information content (AvgIpc) is 3.61. The van der Waals surface area contributed by atoms with Gasteiger partial charge in [-0.05, 0) is 19.1 Å². The third-order valence-corrected chi connectivity index (χ3v) is 10.2. The predicted molar refractivity (Wildman–Crippen MR) is 224 cm³/mol. The van der Waals surface area contributed by atoms with E-state index in [0.717, 1.165) is 6.92 Å². The lowest BCUT2D eigenvalue weighted by Gasteiger charge is -2.43. The van der Waals surface area contributed by atoms with Crippen molar-refractivity contribution >= 4 is 48.1 Å². The fourth-order valence-corrected chi connectivity index (χ4v) is 6.37. The number of carbonyl (C=O) groups excluding carboxylic acids is 7. The van der Waals surface area contributed by atoms with Crippen LogP contribution in [0.2, 0.25) is 0 Å². The van der Waals surface area contributed by atoms with Crippen LogP contribution in [0.1, 0.15) is 49.9 Å². The van der Waals surface area contributed by atoms with E-state index < -0.39 is 198 Å². The number of benzene rings is 1. The van der Waals surface area contributed by atoms with Crippen molar-refractivity contribution in [2.45, 2.75) is 130 Å². The summed E-state index contributed by atoms with van der Waals surface area (Å²) in [6.45, 7) is -3.20. The molecule has 0 spiro atoms. The zero-order valence-electron chi connectivity index (χ0n) is 38.5. The maximum absolute atomic E-state index is 13.3. The number of ether oxygens (including phenoxy) is 9. The number of carboxylic acid groups (broad SMARTS) is 1. The maximum Gasteiger partial charge on any atom is 0.339 e. The van der Waals surface area contributed by atoms with E-state index in [1.165, 1.54) is 31.2 Å². The summed E-state index contributed by atoms with van der Waals surface area (Å²) < 4.78 is 47.1. The summed E-state index contributed by atoms with van der Waals surface area (Å²) in [5.41, 5.74) is -3.18. The molecule has 2 fully saturated rings. The number of esters is 6. The molecule has 0 aliphatic carbocycles. The van der Waals surface area contributed by atoms with E-state index in [2.05, 4.69) is 0 Å². The van der Waals surface area contributed by atoms with Crippen molar-refractivity contribution in [3.63, 3.8) is 0 Å². The summed E-state index contributed by atoms with van der Waals surface area (Å²) >= 11 is 0. The molecule has 0 bridgehead atoms. The Bertz CT molecular complexity index is 1920. The van der Waals surface area contributed by atoms with Crippen LogP contribution in [0.15, 0.2) is 30.3 Å². The molecule has 0 saturated carbocycles. The average molecular weight is 1040 g/mol. The summed E-state index contributed by atoms with van der Waals surface area (Å²) in [6.07, 6.45) is -28.4. The molecule has 2 aliphatic heterocycles. The van der Waals surface area contributed by atoms with Gasteiger partial charge in [-0.1, -0.05) is 18.2 Å². The van der Waals surface area contributed by atoms with Crippen LogP contribution in [0.4, 0.5) is 0 Å². The molecule has 1 aromatic carbocycles. The molecule has 72 heavy (non-hydrogen) atoms. The van der Waals surface area contributed by atoms with Crippen LogP contribution in [-0.4, -0.2) is 252 Å². The molecular formula is C42H60O30. The highest BCUT2D eigenvalue weighted by atomic mass is 16.8. The Balaban J connectivity index is 0.00000130. The molecule has 13 N–H and O–H groups in total. The Hall–Kier alpha value is -5.42. The van der Waals surface area contributed by atoms with Crippen LogP contribution < -0.4 is 0 Å². The molecule has 30 nitrogen and oxygen atoms in total. The van der Waals surface area contributed by atoms with Crippen LogP contribution in [0.3, 0.4) is 0 Å². The lowest BCUT2D eigenvalue weighted by atomic mass is 9.95. The Morgan fingerprint density at radius 2 is 1.38 bits per heavy atom. The van der Waals surface area contributed by atoms with Gasteiger partial charge in [0, 0.05) is 6.92 Å². The second-order valence-electron chi connectivity index (χ2n) is 15.8. The van der Waals surface area contributed by atoms with Crippen LogP contribution in [0.25, 0.3) is 0 Å². The van der Waals surface area contributed by atoms with Crippen LogP contribution >= 0.6 is 0 Å². The summed E-state index contributed by atoms with van der Waals surface area (Å²) in [4.78, 5) is 97.1. The molecule has 2 unspecified atom stereocenters. The Morgan fingerprint density at radius 1 is 0.764 bits per heavy atom. The molecular weight excluding hydrogens is 984 g/mol. The highest BCUT2D eigenvalue weighted by molar-refractivity contribution is 5.90. The molecule has 2 saturated heterocycles. The van der Waals surface area contributed by atoms with E-state index in [1.807, 2.05) is 0 Å². The van der Waals surface area contributed by atoms with Gasteiger partial charge in [0.05, 0.1) is 57.7 Å². The largest absolute Gasteiger partial charge is 0.481 e. The van der Waals surface area contributed by atoms with Gasteiger partial charge in [0.2, 0.25) is 5.79 Å². The van der Waals surface area contributed by atoms with E-state index in [0.29, 0.717) is 0 Å². The number of carbonyl (C=O) groups is 8. The fraction of sp³-hybridized carbons (Fsp3) is 0.667. The second-order valence-corrected chi connectivity index (χ2v) is 15.8. The number of carboxylic acids is 1. The van der Waals surface area contributed by atoms with Gasteiger partial charge in [0.15, 0.2) is 30.4 Å². The molecule has 15 atom stereocenters. The van der Waals surface area contributed by atoms with Crippen molar-refractivity contribution in [2.24, 2.45) is 0 Å². The van der Waals surface area contributed by atoms with Crippen LogP contribution in [0, 0.1) is 0 Å². The number of rotatable bonds is 27. The van der Waals surface area contributed by atoms with Gasteiger partial charge in [0.1, 0.15) is 80.9 Å². The SMILES string of the molecule is CCOC(=O)CCC(=O)O[C@H]1[C@H](O)[C@@H](CO)O[C@@]1(COC(=O)CC(O)(CC(=O)O)C(=O)OCC(COC(C)=O)OC(=O)c1ccccc1)O[C@H]1O[C@H](CO)[C@@H](O)[C@H](O)[C@H]1O.O=C[C@H](O)[C@@H](O)[C@H](O)[C@H](O)CO. The van der Waals surface area contributed by atoms with Crippen molar-refractivity contribution in [2.75, 3.05) is 46.2 Å². The monoisotopic (exact) mass is 1040 g/mol. The van der Waals surface area contributed by atoms with Gasteiger partial charge >= 0.3 is 41.8 Å². The standard InChI is InChI=1S/C36H48O24.C6H12O6/c1-3-52-24(42)9-10-25(43)58-31-28(46)22(14-38)59-36(31,60-33-30(48)29(47)27(45)21(13-37)57-33)17-55-26(44)12-35(51,11-23(40)41)34(50)54-16-20(15-53-18(2)39)56-32(49)19-7-5-4-6-8-19;7-1-3(9)5(11)6(12)4(10)2-8/h4-8,20-22,27-31,33,37-38,45-48,51H,3,9-17H2,1-2H3,(H,40,41);1,3-6,8-12H,2H2/t20?,21-,22-,27-,28-,29+,30-,31+,33-,35?,36+;3-,4+,5+,6+/m10/s1. The number of aliphatic hydroxyl groups excluding tert-OH is 11. The lowest BCUT2D eigenvalue weighted by molar-refractivity contribution is -0.384. The quantitative estimate of drug-likeness (QED) is 0.0221. The van der Waals surface area contributed by atoms with Gasteiger partial charge in [-0.2, -0.15) is 0 Å². The number of hydrogen-bond acceptors (Lipinski definition) is 29. The summed E-state index contributed by atoms with van der Waals surface area (Å²) in [7, 11) is 0. The van der Waals surface area contributed by atoms with Crippen molar-refractivity contribution in [1.82, 2.24) is 0 Å². The number of hydrogen-bond donors (Lipinski definition) is 13. The Morgan fingerprint density at radius 3 is 1.93 bits per heavy atom. The zero-order chi connectivity index (χ0) is 54.5.